The Hall–Kier alpha value is -7.37. The van der Waals surface area contributed by atoms with E-state index >= 15 is 0 Å². The molecule has 0 saturated carbocycles. The summed E-state index contributed by atoms with van der Waals surface area (Å²) >= 11 is 0. The second kappa shape index (κ2) is 11.1. The number of hydrogen-bond acceptors (Lipinski definition) is 5. The Kier molecular flexibility index (Phi) is 5.99. The lowest BCUT2D eigenvalue weighted by Gasteiger charge is -2.11. The van der Waals surface area contributed by atoms with Crippen LogP contribution in [0.2, 0.25) is 0 Å². The molecule has 3 heterocycles. The summed E-state index contributed by atoms with van der Waals surface area (Å²) in [5, 5.41) is 6.56. The Balaban J connectivity index is 1.09. The standard InChI is InChI=1S/C49H27N3O2/c1-2-11-29(12-3-1)47-50-48(36-20-9-23-41-45(36)34-15-4-5-22-39(34)53-41)52-49(51-47)37-21-10-24-42-46(37)38-27-30(25-26-40(38)54-42)31-16-8-18-33-32-17-6-13-28-14-7-19-35(43(28)32)44(31)33/h1-27H. The second-order valence-corrected chi connectivity index (χ2v) is 13.9. The zero-order valence-corrected chi connectivity index (χ0v) is 28.7. The average Bonchev–Trinajstić information content (AvgIpc) is 3.91. The fourth-order valence-electron chi connectivity index (χ4n) is 8.56. The molecule has 0 fully saturated rings. The van der Waals surface area contributed by atoms with Crippen molar-refractivity contribution in [2.75, 3.05) is 0 Å². The molecule has 0 aliphatic heterocycles. The SMILES string of the molecule is c1ccc(-c2nc(-c3cccc4oc5ccccc5c34)nc(-c3cccc4oc5ccc(-c6cccc7c6-c6cccc8cccc-7c68)cc5c34)n2)cc1. The number of rotatable bonds is 4. The minimum atomic E-state index is 0.574. The number of hydrogen-bond donors (Lipinski definition) is 0. The summed E-state index contributed by atoms with van der Waals surface area (Å²) in [6.45, 7) is 0. The van der Waals surface area contributed by atoms with Gasteiger partial charge in [-0.25, -0.2) is 15.0 Å². The van der Waals surface area contributed by atoms with Gasteiger partial charge in [-0.05, 0) is 74.5 Å². The van der Waals surface area contributed by atoms with Gasteiger partial charge in [0.05, 0.1) is 0 Å². The van der Waals surface area contributed by atoms with Gasteiger partial charge in [0, 0.05) is 38.2 Å². The Morgan fingerprint density at radius 2 is 0.870 bits per heavy atom. The van der Waals surface area contributed by atoms with E-state index in [0.29, 0.717) is 17.5 Å². The number of aromatic nitrogens is 3. The quantitative estimate of drug-likeness (QED) is 0.184. The van der Waals surface area contributed by atoms with Crippen molar-refractivity contribution in [1.82, 2.24) is 15.0 Å². The maximum absolute atomic E-state index is 6.54. The van der Waals surface area contributed by atoms with E-state index in [1.807, 2.05) is 72.8 Å². The fourth-order valence-corrected chi connectivity index (χ4v) is 8.56. The van der Waals surface area contributed by atoms with Crippen LogP contribution in [0.4, 0.5) is 0 Å². The first kappa shape index (κ1) is 29.2. The Bertz CT molecular complexity index is 3330. The Labute approximate surface area is 308 Å². The van der Waals surface area contributed by atoms with E-state index in [4.69, 9.17) is 23.8 Å². The van der Waals surface area contributed by atoms with Crippen LogP contribution in [0, 0.1) is 0 Å². The summed E-state index contributed by atoms with van der Waals surface area (Å²) in [4.78, 5) is 15.5. The summed E-state index contributed by atoms with van der Waals surface area (Å²) in [6.07, 6.45) is 0. The maximum atomic E-state index is 6.54. The minimum absolute atomic E-state index is 0.574. The molecular weight excluding hydrogens is 663 g/mol. The van der Waals surface area contributed by atoms with Gasteiger partial charge in [-0.1, -0.05) is 133 Å². The summed E-state index contributed by atoms with van der Waals surface area (Å²) in [6, 6.07) is 56.8. The molecule has 1 aliphatic rings. The normalized spacial score (nSPS) is 12.1. The summed E-state index contributed by atoms with van der Waals surface area (Å²) in [5.74, 6) is 1.75. The fraction of sp³-hybridized carbons (Fsp3) is 0. The molecule has 0 saturated heterocycles. The lowest BCUT2D eigenvalue weighted by atomic mass is 9.92. The van der Waals surface area contributed by atoms with Crippen LogP contribution in [0.1, 0.15) is 0 Å². The first-order valence-electron chi connectivity index (χ1n) is 18.1. The van der Waals surface area contributed by atoms with E-state index in [-0.39, 0.29) is 0 Å². The van der Waals surface area contributed by atoms with Crippen LogP contribution in [0.25, 0.3) is 122 Å². The van der Waals surface area contributed by atoms with Crippen molar-refractivity contribution < 1.29 is 8.83 Å². The van der Waals surface area contributed by atoms with Crippen molar-refractivity contribution in [1.29, 1.82) is 0 Å². The van der Waals surface area contributed by atoms with Gasteiger partial charge >= 0.3 is 0 Å². The van der Waals surface area contributed by atoms with Crippen molar-refractivity contribution >= 4 is 54.6 Å². The summed E-state index contributed by atoms with van der Waals surface area (Å²) in [7, 11) is 0. The topological polar surface area (TPSA) is 65.0 Å². The molecular formula is C49H27N3O2. The van der Waals surface area contributed by atoms with E-state index in [1.54, 1.807) is 0 Å². The number of furan rings is 2. The third-order valence-electron chi connectivity index (χ3n) is 10.9. The zero-order chi connectivity index (χ0) is 35.3. The minimum Gasteiger partial charge on any atom is -0.456 e. The number of nitrogens with zero attached hydrogens (tertiary/aromatic N) is 3. The third kappa shape index (κ3) is 4.18. The molecule has 54 heavy (non-hydrogen) atoms. The van der Waals surface area contributed by atoms with Gasteiger partial charge in [-0.15, -0.1) is 0 Å². The number of para-hydroxylation sites is 1. The van der Waals surface area contributed by atoms with Gasteiger partial charge in [0.25, 0.3) is 0 Å². The zero-order valence-electron chi connectivity index (χ0n) is 28.7. The highest BCUT2D eigenvalue weighted by Gasteiger charge is 2.25. The molecule has 0 atom stereocenters. The van der Waals surface area contributed by atoms with E-state index in [1.165, 1.54) is 38.6 Å². The van der Waals surface area contributed by atoms with Gasteiger partial charge in [0.2, 0.25) is 0 Å². The van der Waals surface area contributed by atoms with Gasteiger partial charge in [-0.2, -0.15) is 0 Å². The molecule has 5 nitrogen and oxygen atoms in total. The van der Waals surface area contributed by atoms with E-state index in [0.717, 1.165) is 66.1 Å². The van der Waals surface area contributed by atoms with Gasteiger partial charge in [0.15, 0.2) is 17.5 Å². The van der Waals surface area contributed by atoms with Gasteiger partial charge < -0.3 is 8.83 Å². The molecule has 0 N–H and O–H groups in total. The van der Waals surface area contributed by atoms with Gasteiger partial charge in [-0.3, -0.25) is 0 Å². The maximum Gasteiger partial charge on any atom is 0.164 e. The summed E-state index contributed by atoms with van der Waals surface area (Å²) in [5.41, 5.74) is 13.3. The highest BCUT2D eigenvalue weighted by molar-refractivity contribution is 6.19. The number of fused-ring (bicyclic) bond motifs is 9. The molecule has 0 bridgehead atoms. The highest BCUT2D eigenvalue weighted by Crippen LogP contribution is 2.51. The van der Waals surface area contributed by atoms with Crippen molar-refractivity contribution in [3.05, 3.63) is 164 Å². The second-order valence-electron chi connectivity index (χ2n) is 13.9. The van der Waals surface area contributed by atoms with Crippen molar-refractivity contribution in [3.8, 4) is 67.5 Å². The van der Waals surface area contributed by atoms with Crippen LogP contribution < -0.4 is 0 Å². The van der Waals surface area contributed by atoms with E-state index < -0.39 is 0 Å². The molecule has 0 amide bonds. The number of benzene rings is 8. The Morgan fingerprint density at radius 1 is 0.315 bits per heavy atom. The molecule has 0 spiro atoms. The molecule has 0 unspecified atom stereocenters. The predicted molar refractivity (Wildman–Crippen MR) is 218 cm³/mol. The summed E-state index contributed by atoms with van der Waals surface area (Å²) < 4.78 is 12.8. The van der Waals surface area contributed by atoms with Crippen molar-refractivity contribution in [2.24, 2.45) is 0 Å². The highest BCUT2D eigenvalue weighted by atomic mass is 16.3. The third-order valence-corrected chi connectivity index (χ3v) is 10.9. The average molecular weight is 690 g/mol. The van der Waals surface area contributed by atoms with Crippen LogP contribution in [-0.4, -0.2) is 15.0 Å². The first-order valence-corrected chi connectivity index (χ1v) is 18.1. The van der Waals surface area contributed by atoms with Crippen LogP contribution in [0.5, 0.6) is 0 Å². The molecule has 3 aromatic heterocycles. The van der Waals surface area contributed by atoms with Crippen molar-refractivity contribution in [3.63, 3.8) is 0 Å². The molecule has 5 heteroatoms. The largest absolute Gasteiger partial charge is 0.456 e. The monoisotopic (exact) mass is 689 g/mol. The van der Waals surface area contributed by atoms with Crippen LogP contribution in [-0.2, 0) is 0 Å². The molecule has 12 rings (SSSR count). The molecule has 8 aromatic carbocycles. The molecule has 250 valence electrons. The smallest absolute Gasteiger partial charge is 0.164 e. The molecule has 0 radical (unpaired) electrons. The lowest BCUT2D eigenvalue weighted by molar-refractivity contribution is 0.668. The molecule has 1 aliphatic carbocycles. The lowest BCUT2D eigenvalue weighted by Crippen LogP contribution is -2.00. The van der Waals surface area contributed by atoms with Gasteiger partial charge in [0.1, 0.15) is 22.3 Å². The van der Waals surface area contributed by atoms with Crippen LogP contribution in [0.15, 0.2) is 173 Å². The van der Waals surface area contributed by atoms with Crippen molar-refractivity contribution in [2.45, 2.75) is 0 Å². The van der Waals surface area contributed by atoms with E-state index in [2.05, 4.69) is 91.0 Å². The van der Waals surface area contributed by atoms with E-state index in [9.17, 15) is 0 Å². The first-order chi connectivity index (χ1) is 26.8. The van der Waals surface area contributed by atoms with Crippen LogP contribution in [0.3, 0.4) is 0 Å². The van der Waals surface area contributed by atoms with Crippen LogP contribution >= 0.6 is 0 Å². The predicted octanol–water partition coefficient (Wildman–Crippen LogP) is 13.1. The Morgan fingerprint density at radius 3 is 1.65 bits per heavy atom. The molecule has 11 aromatic rings.